The fourth-order valence-electron chi connectivity index (χ4n) is 3.76. The normalized spacial score (nSPS) is 39.0. The minimum Gasteiger partial charge on any atom is -0.391 e. The molecule has 0 amide bonds. The van der Waals surface area contributed by atoms with Crippen molar-refractivity contribution >= 4 is 5.71 Å². The van der Waals surface area contributed by atoms with Crippen molar-refractivity contribution in [1.82, 2.24) is 4.90 Å². The zero-order valence-electron chi connectivity index (χ0n) is 9.91. The van der Waals surface area contributed by atoms with Crippen molar-refractivity contribution in [2.24, 2.45) is 17.0 Å². The first-order valence-electron chi connectivity index (χ1n) is 6.34. The SMILES string of the molecule is CN1C[C@@H]2C[C@H]1[C@H]1C(c3ccccc3)=NO[C@@H]21. The molecule has 1 saturated carbocycles. The summed E-state index contributed by atoms with van der Waals surface area (Å²) in [5.41, 5.74) is 2.38. The molecule has 1 aromatic carbocycles. The van der Waals surface area contributed by atoms with E-state index in [2.05, 4.69) is 41.4 Å². The Morgan fingerprint density at radius 1 is 1.29 bits per heavy atom. The molecular formula is C14H16N2O. The zero-order valence-corrected chi connectivity index (χ0v) is 9.91. The summed E-state index contributed by atoms with van der Waals surface area (Å²) in [5, 5.41) is 4.36. The highest BCUT2D eigenvalue weighted by Crippen LogP contribution is 2.47. The minimum atomic E-state index is 0.339. The molecule has 1 aromatic rings. The molecule has 2 bridgehead atoms. The molecule has 3 heteroatoms. The van der Waals surface area contributed by atoms with E-state index in [1.54, 1.807) is 0 Å². The minimum absolute atomic E-state index is 0.339. The Kier molecular flexibility index (Phi) is 1.89. The number of oxime groups is 1. The molecule has 2 fully saturated rings. The largest absolute Gasteiger partial charge is 0.391 e. The van der Waals surface area contributed by atoms with E-state index in [1.807, 2.05) is 6.07 Å². The molecule has 3 aliphatic rings. The molecule has 1 aliphatic carbocycles. The Hall–Kier alpha value is -1.35. The van der Waals surface area contributed by atoms with E-state index < -0.39 is 0 Å². The highest BCUT2D eigenvalue weighted by Gasteiger charge is 2.56. The van der Waals surface area contributed by atoms with E-state index in [-0.39, 0.29) is 0 Å². The number of hydrogen-bond acceptors (Lipinski definition) is 3. The van der Waals surface area contributed by atoms with Crippen LogP contribution < -0.4 is 0 Å². The van der Waals surface area contributed by atoms with Crippen molar-refractivity contribution in [3.05, 3.63) is 35.9 Å². The summed E-state index contributed by atoms with van der Waals surface area (Å²) in [6, 6.07) is 11.1. The Balaban J connectivity index is 1.71. The van der Waals surface area contributed by atoms with E-state index in [0.717, 1.165) is 5.71 Å². The molecular weight excluding hydrogens is 212 g/mol. The van der Waals surface area contributed by atoms with Gasteiger partial charge in [-0.05, 0) is 19.0 Å². The van der Waals surface area contributed by atoms with Gasteiger partial charge in [-0.15, -0.1) is 0 Å². The van der Waals surface area contributed by atoms with Gasteiger partial charge in [0, 0.05) is 18.5 Å². The summed E-state index contributed by atoms with van der Waals surface area (Å²) < 4.78 is 0. The van der Waals surface area contributed by atoms with Crippen LogP contribution in [0.15, 0.2) is 35.5 Å². The summed E-state index contributed by atoms with van der Waals surface area (Å²) in [4.78, 5) is 8.16. The number of hydrogen-bond donors (Lipinski definition) is 0. The third-order valence-corrected chi connectivity index (χ3v) is 4.52. The van der Waals surface area contributed by atoms with Crippen molar-refractivity contribution < 1.29 is 4.84 Å². The molecule has 2 heterocycles. The van der Waals surface area contributed by atoms with Gasteiger partial charge in [0.2, 0.25) is 0 Å². The van der Waals surface area contributed by atoms with E-state index in [4.69, 9.17) is 4.84 Å². The summed E-state index contributed by atoms with van der Waals surface area (Å²) >= 11 is 0. The van der Waals surface area contributed by atoms with Gasteiger partial charge in [-0.25, -0.2) is 0 Å². The first-order valence-corrected chi connectivity index (χ1v) is 6.34. The zero-order chi connectivity index (χ0) is 11.4. The molecule has 1 saturated heterocycles. The Morgan fingerprint density at radius 3 is 2.94 bits per heavy atom. The van der Waals surface area contributed by atoms with E-state index in [9.17, 15) is 0 Å². The summed E-state index contributed by atoms with van der Waals surface area (Å²) in [7, 11) is 2.22. The van der Waals surface area contributed by atoms with Gasteiger partial charge in [0.1, 0.15) is 6.10 Å². The van der Waals surface area contributed by atoms with Crippen molar-refractivity contribution in [3.63, 3.8) is 0 Å². The van der Waals surface area contributed by atoms with Crippen molar-refractivity contribution in [2.75, 3.05) is 13.6 Å². The van der Waals surface area contributed by atoms with Crippen LogP contribution >= 0.6 is 0 Å². The number of piperidine rings is 1. The second-order valence-corrected chi connectivity index (χ2v) is 5.44. The quantitative estimate of drug-likeness (QED) is 0.731. The van der Waals surface area contributed by atoms with Crippen LogP contribution in [0.4, 0.5) is 0 Å². The van der Waals surface area contributed by atoms with Crippen LogP contribution in [0, 0.1) is 11.8 Å². The smallest absolute Gasteiger partial charge is 0.141 e. The first kappa shape index (κ1) is 9.66. The second kappa shape index (κ2) is 3.33. The lowest BCUT2D eigenvalue weighted by molar-refractivity contribution is 0.0121. The standard InChI is InChI=1S/C14H16N2O/c1-16-8-10-7-11(16)12-13(15-17-14(10)12)9-5-3-2-4-6-9/h2-6,10-12,14H,7-8H2,1H3/t10-,11-,12-,14-/m0/s1. The molecule has 0 radical (unpaired) electrons. The number of fused-ring (bicyclic) bond motifs is 5. The molecule has 0 spiro atoms. The lowest BCUT2D eigenvalue weighted by atomic mass is 9.88. The van der Waals surface area contributed by atoms with Gasteiger partial charge < -0.3 is 9.74 Å². The molecule has 3 nitrogen and oxygen atoms in total. The number of rotatable bonds is 1. The van der Waals surface area contributed by atoms with Crippen LogP contribution in [-0.2, 0) is 4.84 Å². The van der Waals surface area contributed by atoms with Gasteiger partial charge in [-0.1, -0.05) is 35.5 Å². The number of likely N-dealkylation sites (tertiary alicyclic amines) is 1. The van der Waals surface area contributed by atoms with Crippen molar-refractivity contribution in [1.29, 1.82) is 0 Å². The molecule has 88 valence electrons. The topological polar surface area (TPSA) is 24.8 Å². The van der Waals surface area contributed by atoms with Gasteiger partial charge in [0.05, 0.1) is 11.6 Å². The van der Waals surface area contributed by atoms with Gasteiger partial charge in [0.25, 0.3) is 0 Å². The number of benzene rings is 1. The van der Waals surface area contributed by atoms with Crippen molar-refractivity contribution in [3.8, 4) is 0 Å². The average Bonchev–Trinajstić information content (AvgIpc) is 3.00. The van der Waals surface area contributed by atoms with E-state index in [1.165, 1.54) is 18.5 Å². The maximum atomic E-state index is 5.69. The predicted octanol–water partition coefficient (Wildman–Crippen LogP) is 1.74. The molecule has 2 aliphatic heterocycles. The Morgan fingerprint density at radius 2 is 2.12 bits per heavy atom. The second-order valence-electron chi connectivity index (χ2n) is 5.44. The van der Waals surface area contributed by atoms with Crippen LogP contribution in [0.2, 0.25) is 0 Å². The lowest BCUT2D eigenvalue weighted by Gasteiger charge is -2.30. The summed E-state index contributed by atoms with van der Waals surface area (Å²) in [6.07, 6.45) is 1.61. The van der Waals surface area contributed by atoms with Crippen molar-refractivity contribution in [2.45, 2.75) is 18.6 Å². The molecule has 0 N–H and O–H groups in total. The first-order chi connectivity index (χ1) is 8.34. The third kappa shape index (κ3) is 1.23. The third-order valence-electron chi connectivity index (χ3n) is 4.52. The fourth-order valence-corrected chi connectivity index (χ4v) is 3.76. The molecule has 17 heavy (non-hydrogen) atoms. The highest BCUT2D eigenvalue weighted by atomic mass is 16.6. The average molecular weight is 228 g/mol. The molecule has 4 rings (SSSR count). The summed E-state index contributed by atoms with van der Waals surface area (Å²) in [5.74, 6) is 1.17. The highest BCUT2D eigenvalue weighted by molar-refractivity contribution is 6.03. The van der Waals surface area contributed by atoms with Crippen LogP contribution in [0.3, 0.4) is 0 Å². The van der Waals surface area contributed by atoms with Crippen LogP contribution in [0.25, 0.3) is 0 Å². The van der Waals surface area contributed by atoms with E-state index >= 15 is 0 Å². The monoisotopic (exact) mass is 228 g/mol. The summed E-state index contributed by atoms with van der Waals surface area (Å²) in [6.45, 7) is 1.17. The maximum absolute atomic E-state index is 5.69. The van der Waals surface area contributed by atoms with Gasteiger partial charge in [-0.3, -0.25) is 0 Å². The predicted molar refractivity (Wildman–Crippen MR) is 65.9 cm³/mol. The Labute approximate surface area is 101 Å². The van der Waals surface area contributed by atoms with Crippen LogP contribution in [-0.4, -0.2) is 36.3 Å². The van der Waals surface area contributed by atoms with Gasteiger partial charge in [0.15, 0.2) is 0 Å². The Bertz CT molecular complexity index is 470. The lowest BCUT2D eigenvalue weighted by Crippen LogP contribution is -2.44. The molecule has 4 atom stereocenters. The van der Waals surface area contributed by atoms with Gasteiger partial charge >= 0.3 is 0 Å². The van der Waals surface area contributed by atoms with Gasteiger partial charge in [-0.2, -0.15) is 0 Å². The van der Waals surface area contributed by atoms with Crippen LogP contribution in [0.5, 0.6) is 0 Å². The maximum Gasteiger partial charge on any atom is 0.141 e. The molecule has 0 aromatic heterocycles. The number of nitrogens with zero attached hydrogens (tertiary/aromatic N) is 2. The molecule has 0 unspecified atom stereocenters. The van der Waals surface area contributed by atoms with Crippen LogP contribution in [0.1, 0.15) is 12.0 Å². The van der Waals surface area contributed by atoms with E-state index in [0.29, 0.717) is 24.0 Å². The fraction of sp³-hybridized carbons (Fsp3) is 0.500.